The second kappa shape index (κ2) is 33.6. The van der Waals surface area contributed by atoms with Gasteiger partial charge in [-0.1, -0.05) is 120 Å². The van der Waals surface area contributed by atoms with Crippen LogP contribution in [0.15, 0.2) is 48.6 Å². The van der Waals surface area contributed by atoms with Crippen molar-refractivity contribution in [3.05, 3.63) is 48.6 Å². The van der Waals surface area contributed by atoms with Crippen LogP contribution >= 0.6 is 0 Å². The second-order valence-corrected chi connectivity index (χ2v) is 16.1. The van der Waals surface area contributed by atoms with Crippen molar-refractivity contribution < 1.29 is 56.8 Å². The number of hydrogen-bond donors (Lipinski definition) is 4. The normalized spacial score (nSPS) is 21.1. The number of aliphatic hydroxyl groups is 3. The van der Waals surface area contributed by atoms with Crippen molar-refractivity contribution in [2.24, 2.45) is 0 Å². The first-order chi connectivity index (χ1) is 27.0. The maximum absolute atomic E-state index is 12.8. The van der Waals surface area contributed by atoms with E-state index in [4.69, 9.17) is 18.9 Å². The largest absolute Gasteiger partial charge is 0.462 e. The van der Waals surface area contributed by atoms with E-state index in [1.54, 1.807) is 0 Å². The lowest BCUT2D eigenvalue weighted by Crippen LogP contribution is -2.60. The average Bonchev–Trinajstić information content (AvgIpc) is 3.16. The van der Waals surface area contributed by atoms with Gasteiger partial charge < -0.3 is 34.3 Å². The van der Waals surface area contributed by atoms with Gasteiger partial charge in [-0.25, -0.2) is 0 Å². The number of carbonyl (C=O) groups is 2. The Morgan fingerprint density at radius 1 is 0.625 bits per heavy atom. The number of allylic oxidation sites excluding steroid dienone is 8. The van der Waals surface area contributed by atoms with Gasteiger partial charge in [-0.15, -0.1) is 0 Å². The molecule has 56 heavy (non-hydrogen) atoms. The van der Waals surface area contributed by atoms with Crippen molar-refractivity contribution in [3.63, 3.8) is 0 Å². The number of unbranched alkanes of at least 4 members (excludes halogenated alkanes) is 14. The van der Waals surface area contributed by atoms with Gasteiger partial charge in [0.05, 0.1) is 6.61 Å². The lowest BCUT2D eigenvalue weighted by Gasteiger charge is -2.40. The monoisotopic (exact) mass is 814 g/mol. The summed E-state index contributed by atoms with van der Waals surface area (Å²) in [5, 5.41) is 30.8. The molecule has 0 aliphatic carbocycles. The molecule has 1 rings (SSSR count). The molecule has 4 N–H and O–H groups in total. The van der Waals surface area contributed by atoms with Gasteiger partial charge >= 0.3 is 11.9 Å². The highest BCUT2D eigenvalue weighted by atomic mass is 32.2. The van der Waals surface area contributed by atoms with Gasteiger partial charge in [0, 0.05) is 12.8 Å². The fourth-order valence-corrected chi connectivity index (χ4v) is 6.79. The fraction of sp³-hybridized carbons (Fsp3) is 0.767. The molecule has 1 aliphatic heterocycles. The lowest BCUT2D eigenvalue weighted by atomic mass is 10.00. The number of rotatable bonds is 34. The zero-order valence-electron chi connectivity index (χ0n) is 34.2. The Bertz CT molecular complexity index is 1230. The Morgan fingerprint density at radius 3 is 1.71 bits per heavy atom. The topological polar surface area (TPSA) is 186 Å². The minimum atomic E-state index is -4.61. The van der Waals surface area contributed by atoms with E-state index in [-0.39, 0.29) is 19.4 Å². The minimum absolute atomic E-state index is 0.126. The first-order valence-electron chi connectivity index (χ1n) is 21.2. The maximum Gasteiger partial charge on any atom is 0.306 e. The van der Waals surface area contributed by atoms with Gasteiger partial charge in [-0.05, 0) is 70.6 Å². The molecular formula is C43H74O12S. The molecular weight excluding hydrogens is 741 g/mol. The molecule has 1 saturated heterocycles. The Balaban J connectivity index is 2.51. The minimum Gasteiger partial charge on any atom is -0.462 e. The summed E-state index contributed by atoms with van der Waals surface area (Å²) in [6.45, 7) is 3.59. The number of esters is 2. The molecule has 13 heteroatoms. The van der Waals surface area contributed by atoms with Crippen LogP contribution in [0.4, 0.5) is 0 Å². The van der Waals surface area contributed by atoms with Crippen molar-refractivity contribution in [1.82, 2.24) is 0 Å². The third-order valence-corrected chi connectivity index (χ3v) is 10.1. The van der Waals surface area contributed by atoms with Crippen molar-refractivity contribution in [3.8, 4) is 0 Å². The summed E-state index contributed by atoms with van der Waals surface area (Å²) < 4.78 is 53.9. The van der Waals surface area contributed by atoms with E-state index in [2.05, 4.69) is 62.5 Å². The summed E-state index contributed by atoms with van der Waals surface area (Å²) >= 11 is 0. The quantitative estimate of drug-likeness (QED) is 0.0213. The number of hydrogen-bond acceptors (Lipinski definition) is 11. The van der Waals surface area contributed by atoms with Crippen LogP contribution in [0.25, 0.3) is 0 Å². The number of ether oxygens (including phenoxy) is 4. The molecule has 1 heterocycles. The van der Waals surface area contributed by atoms with Crippen molar-refractivity contribution >= 4 is 22.1 Å². The first-order valence-corrected chi connectivity index (χ1v) is 22.8. The highest BCUT2D eigenvalue weighted by molar-refractivity contribution is 7.85. The standard InChI is InChI=1S/C43H74O12S/c1-3-5-7-9-11-13-15-17-18-20-21-23-25-27-29-31-38(44)52-33-36(34-53-43-42(48)41(47)40(46)37(55-43)35-56(49,50)51)54-39(45)32-30-28-26-24-22-19-16-14-12-10-8-6-4-2/h6,8,12,14,17-19,22,36-37,40-43,46-48H,3-5,7,9-11,13,15-16,20-21,23-35H2,1-2H3,(H,49,50,51)/b8-6-,14-12-,18-17-,22-19-. The highest BCUT2D eigenvalue weighted by Crippen LogP contribution is 2.24. The van der Waals surface area contributed by atoms with Gasteiger partial charge in [0.15, 0.2) is 12.4 Å². The van der Waals surface area contributed by atoms with Gasteiger partial charge in [0.1, 0.15) is 36.8 Å². The molecule has 0 aromatic carbocycles. The summed E-state index contributed by atoms with van der Waals surface area (Å²) in [6, 6.07) is 0. The molecule has 324 valence electrons. The molecule has 0 spiro atoms. The Hall–Kier alpha value is -2.39. The van der Waals surface area contributed by atoms with E-state index >= 15 is 0 Å². The fourth-order valence-electron chi connectivity index (χ4n) is 6.10. The average molecular weight is 815 g/mol. The zero-order valence-corrected chi connectivity index (χ0v) is 35.0. The van der Waals surface area contributed by atoms with Crippen LogP contribution in [0.1, 0.15) is 155 Å². The molecule has 6 unspecified atom stereocenters. The van der Waals surface area contributed by atoms with E-state index in [9.17, 15) is 37.9 Å². The number of carbonyl (C=O) groups excluding carboxylic acids is 2. The maximum atomic E-state index is 12.8. The molecule has 0 aromatic rings. The van der Waals surface area contributed by atoms with E-state index in [1.165, 1.54) is 38.5 Å². The van der Waals surface area contributed by atoms with Crippen LogP contribution in [-0.2, 0) is 38.7 Å². The molecule has 0 bridgehead atoms. The molecule has 6 atom stereocenters. The van der Waals surface area contributed by atoms with Gasteiger partial charge in [-0.2, -0.15) is 8.42 Å². The van der Waals surface area contributed by atoms with Gasteiger partial charge in [0.25, 0.3) is 10.1 Å². The molecule has 0 aromatic heterocycles. The lowest BCUT2D eigenvalue weighted by molar-refractivity contribution is -0.297. The van der Waals surface area contributed by atoms with Crippen molar-refractivity contribution in [1.29, 1.82) is 0 Å². The third kappa shape index (κ3) is 28.1. The predicted molar refractivity (Wildman–Crippen MR) is 219 cm³/mol. The zero-order chi connectivity index (χ0) is 41.3. The van der Waals surface area contributed by atoms with Crippen LogP contribution in [0.5, 0.6) is 0 Å². The van der Waals surface area contributed by atoms with Crippen LogP contribution in [0.3, 0.4) is 0 Å². The van der Waals surface area contributed by atoms with Crippen LogP contribution in [0.2, 0.25) is 0 Å². The van der Waals surface area contributed by atoms with E-state index in [0.717, 1.165) is 77.0 Å². The molecule has 12 nitrogen and oxygen atoms in total. The summed E-state index contributed by atoms with van der Waals surface area (Å²) in [6.07, 6.45) is 28.8. The van der Waals surface area contributed by atoms with Gasteiger partial charge in [-0.3, -0.25) is 14.1 Å². The summed E-state index contributed by atoms with van der Waals surface area (Å²) in [5.41, 5.74) is 0. The van der Waals surface area contributed by atoms with E-state index in [0.29, 0.717) is 12.8 Å². The molecule has 1 aliphatic rings. The van der Waals surface area contributed by atoms with E-state index < -0.39 is 71.2 Å². The number of aliphatic hydroxyl groups excluding tert-OH is 3. The SMILES string of the molecule is CC/C=C\C/C=C\C/C=C\CCCCCC(=O)OC(COC(=O)CCCCCCC/C=C\CCCCCCCC)COC1OC(CS(=O)(=O)O)C(O)C(O)C1O. The first kappa shape index (κ1) is 51.6. The van der Waals surface area contributed by atoms with Crippen LogP contribution in [-0.4, -0.2) is 96.0 Å². The van der Waals surface area contributed by atoms with Crippen molar-refractivity contribution in [2.75, 3.05) is 19.0 Å². The predicted octanol–water partition coefficient (Wildman–Crippen LogP) is 8.00. The summed E-state index contributed by atoms with van der Waals surface area (Å²) in [4.78, 5) is 25.3. The smallest absolute Gasteiger partial charge is 0.306 e. The second-order valence-electron chi connectivity index (χ2n) is 14.6. The third-order valence-electron chi connectivity index (χ3n) is 9.39. The molecule has 0 amide bonds. The Kier molecular flexibility index (Phi) is 30.9. The van der Waals surface area contributed by atoms with Crippen LogP contribution < -0.4 is 0 Å². The van der Waals surface area contributed by atoms with Crippen LogP contribution in [0, 0.1) is 0 Å². The Morgan fingerprint density at radius 2 is 1.12 bits per heavy atom. The molecule has 1 fully saturated rings. The highest BCUT2D eigenvalue weighted by Gasteiger charge is 2.46. The molecule has 0 radical (unpaired) electrons. The summed E-state index contributed by atoms with van der Waals surface area (Å²) in [7, 11) is -4.61. The van der Waals surface area contributed by atoms with Gasteiger partial charge in [0.2, 0.25) is 0 Å². The Labute approximate surface area is 337 Å². The van der Waals surface area contributed by atoms with E-state index in [1.807, 2.05) is 0 Å². The molecule has 0 saturated carbocycles. The van der Waals surface area contributed by atoms with Crippen molar-refractivity contribution in [2.45, 2.75) is 192 Å². The summed E-state index contributed by atoms with van der Waals surface area (Å²) in [5.74, 6) is -2.04.